The number of fused-ring (bicyclic) bond motifs is 1. The highest BCUT2D eigenvalue weighted by molar-refractivity contribution is 14.1. The number of carbonyl (C=O) groups is 1. The molecule has 0 bridgehead atoms. The lowest BCUT2D eigenvalue weighted by molar-refractivity contribution is 0.102. The summed E-state index contributed by atoms with van der Waals surface area (Å²) in [7, 11) is 1.97. The zero-order valence-corrected chi connectivity index (χ0v) is 21.6. The largest absolute Gasteiger partial charge is 0.355 e. The van der Waals surface area contributed by atoms with Gasteiger partial charge in [0.25, 0.3) is 5.91 Å². The second-order valence-corrected chi connectivity index (χ2v) is 11.0. The van der Waals surface area contributed by atoms with Crippen LogP contribution < -0.4 is 10.2 Å². The van der Waals surface area contributed by atoms with Crippen molar-refractivity contribution in [2.24, 2.45) is 12.5 Å². The number of pyridine rings is 2. The smallest absolute Gasteiger partial charge is 0.257 e. The maximum Gasteiger partial charge on any atom is 0.257 e. The summed E-state index contributed by atoms with van der Waals surface area (Å²) in [6.45, 7) is 4.32. The molecule has 0 aliphatic carbocycles. The Morgan fingerprint density at radius 2 is 1.86 bits per heavy atom. The number of aromatic nitrogens is 4. The van der Waals surface area contributed by atoms with Crippen molar-refractivity contribution in [1.82, 2.24) is 22.6 Å². The molecule has 0 radical (unpaired) electrons. The van der Waals surface area contributed by atoms with Crippen molar-refractivity contribution in [2.75, 3.05) is 36.4 Å². The molecule has 1 N–H and O–H groups in total. The SMILES string of the molecule is Cn1cncc1-c1ccc2cnc(NC(=O)c3ccnc(N4CC5(CCN(I)CC5)C4)c3)cc2c1. The monoisotopic (exact) mass is 579 g/mol. The number of anilines is 2. The van der Waals surface area contributed by atoms with Gasteiger partial charge in [0, 0.05) is 90.4 Å². The van der Waals surface area contributed by atoms with E-state index in [1.165, 1.54) is 12.8 Å². The summed E-state index contributed by atoms with van der Waals surface area (Å²) in [5, 5.41) is 4.98. The van der Waals surface area contributed by atoms with Crippen LogP contribution in [0.15, 0.2) is 61.3 Å². The fourth-order valence-corrected chi connectivity index (χ4v) is 5.60. The van der Waals surface area contributed by atoms with Gasteiger partial charge in [0.2, 0.25) is 0 Å². The maximum atomic E-state index is 13.0. The third-order valence-electron chi connectivity index (χ3n) is 7.23. The number of hydrogen-bond donors (Lipinski definition) is 1. The number of halogens is 1. The third kappa shape index (κ3) is 4.38. The van der Waals surface area contributed by atoms with Crippen molar-refractivity contribution in [3.63, 3.8) is 0 Å². The zero-order valence-electron chi connectivity index (χ0n) is 19.5. The van der Waals surface area contributed by atoms with Crippen LogP contribution in [0.1, 0.15) is 23.2 Å². The van der Waals surface area contributed by atoms with Gasteiger partial charge < -0.3 is 14.8 Å². The normalized spacial score (nSPS) is 17.5. The molecule has 2 fully saturated rings. The fraction of sp³-hybridized carbons (Fsp3) is 0.308. The van der Waals surface area contributed by atoms with Crippen LogP contribution >= 0.6 is 22.9 Å². The first kappa shape index (κ1) is 22.4. The standard InChI is InChI=1S/C26H26IN7O/c1-32-17-28-14-22(32)18-2-3-20-13-30-23(11-21(20)10-18)31-25(35)19-4-7-29-24(12-19)33-15-26(16-33)5-8-34(27)9-6-26/h2-4,7,10-14,17H,5-6,8-9,15-16H2,1H3,(H,30,31,35). The van der Waals surface area contributed by atoms with Crippen molar-refractivity contribution in [2.45, 2.75) is 12.8 Å². The minimum atomic E-state index is -0.184. The number of hydrogen-bond acceptors (Lipinski definition) is 6. The first-order valence-electron chi connectivity index (χ1n) is 11.8. The van der Waals surface area contributed by atoms with Crippen molar-refractivity contribution < 1.29 is 4.79 Å². The van der Waals surface area contributed by atoms with Gasteiger partial charge >= 0.3 is 0 Å². The molecule has 0 saturated carbocycles. The average molecular weight is 579 g/mol. The number of aryl methyl sites for hydroxylation is 1. The van der Waals surface area contributed by atoms with Gasteiger partial charge in [-0.25, -0.2) is 18.1 Å². The Hall–Kier alpha value is -3.05. The molecule has 0 unspecified atom stereocenters. The Morgan fingerprint density at radius 3 is 2.63 bits per heavy atom. The van der Waals surface area contributed by atoms with Crippen LogP contribution in [-0.2, 0) is 7.05 Å². The quantitative estimate of drug-likeness (QED) is 0.283. The molecule has 2 saturated heterocycles. The van der Waals surface area contributed by atoms with Crippen molar-refractivity contribution in [1.29, 1.82) is 0 Å². The molecule has 35 heavy (non-hydrogen) atoms. The van der Waals surface area contributed by atoms with Gasteiger partial charge in [-0.05, 0) is 42.5 Å². The van der Waals surface area contributed by atoms with Crippen LogP contribution in [0.3, 0.4) is 0 Å². The van der Waals surface area contributed by atoms with E-state index in [1.54, 1.807) is 24.8 Å². The molecule has 6 rings (SSSR count). The van der Waals surface area contributed by atoms with E-state index in [4.69, 9.17) is 0 Å². The van der Waals surface area contributed by atoms with Gasteiger partial charge in [-0.15, -0.1) is 0 Å². The molecule has 1 amide bonds. The Balaban J connectivity index is 1.17. The number of imidazole rings is 1. The molecular weight excluding hydrogens is 553 g/mol. The summed E-state index contributed by atoms with van der Waals surface area (Å²) < 4.78 is 4.35. The van der Waals surface area contributed by atoms with E-state index < -0.39 is 0 Å². The lowest BCUT2D eigenvalue weighted by atomic mass is 9.72. The summed E-state index contributed by atoms with van der Waals surface area (Å²) in [6.07, 6.45) is 9.59. The summed E-state index contributed by atoms with van der Waals surface area (Å²) in [5.41, 5.74) is 3.09. The van der Waals surface area contributed by atoms with Crippen LogP contribution in [0, 0.1) is 5.41 Å². The van der Waals surface area contributed by atoms with Gasteiger partial charge in [-0.2, -0.15) is 0 Å². The number of rotatable bonds is 4. The number of carbonyl (C=O) groups excluding carboxylic acids is 1. The minimum absolute atomic E-state index is 0.184. The zero-order chi connectivity index (χ0) is 24.0. The van der Waals surface area contributed by atoms with Crippen molar-refractivity contribution in [3.05, 3.63) is 66.9 Å². The van der Waals surface area contributed by atoms with Crippen LogP contribution in [0.5, 0.6) is 0 Å². The Kier molecular flexibility index (Phi) is 5.68. The second kappa shape index (κ2) is 8.87. The predicted octanol–water partition coefficient (Wildman–Crippen LogP) is 4.53. The molecule has 9 heteroatoms. The average Bonchev–Trinajstić information content (AvgIpc) is 3.28. The first-order valence-corrected chi connectivity index (χ1v) is 12.7. The summed E-state index contributed by atoms with van der Waals surface area (Å²) in [5.74, 6) is 1.21. The van der Waals surface area contributed by atoms with E-state index in [1.807, 2.05) is 36.0 Å². The maximum absolute atomic E-state index is 13.0. The molecule has 1 spiro atoms. The highest BCUT2D eigenvalue weighted by Crippen LogP contribution is 2.42. The Morgan fingerprint density at radius 1 is 1.03 bits per heavy atom. The fourth-order valence-electron chi connectivity index (χ4n) is 5.12. The molecule has 0 atom stereocenters. The van der Waals surface area contributed by atoms with Gasteiger partial charge in [-0.1, -0.05) is 12.1 Å². The molecular formula is C26H26IN7O. The van der Waals surface area contributed by atoms with E-state index in [0.29, 0.717) is 16.8 Å². The van der Waals surface area contributed by atoms with Crippen LogP contribution in [-0.4, -0.2) is 54.7 Å². The van der Waals surface area contributed by atoms with Gasteiger partial charge in [0.1, 0.15) is 11.6 Å². The summed E-state index contributed by atoms with van der Waals surface area (Å²) in [4.78, 5) is 28.5. The lowest BCUT2D eigenvalue weighted by Crippen LogP contribution is -2.60. The van der Waals surface area contributed by atoms with Crippen molar-refractivity contribution >= 4 is 51.2 Å². The molecule has 178 valence electrons. The molecule has 4 aromatic rings. The highest BCUT2D eigenvalue weighted by Gasteiger charge is 2.45. The van der Waals surface area contributed by atoms with Gasteiger partial charge in [0.05, 0.1) is 18.2 Å². The molecule has 8 nitrogen and oxygen atoms in total. The third-order valence-corrected chi connectivity index (χ3v) is 8.19. The van der Waals surface area contributed by atoms with E-state index in [2.05, 4.69) is 63.3 Å². The molecule has 2 aliphatic heterocycles. The predicted molar refractivity (Wildman–Crippen MR) is 146 cm³/mol. The first-order chi connectivity index (χ1) is 17.0. The van der Waals surface area contributed by atoms with Gasteiger partial charge in [-0.3, -0.25) is 4.79 Å². The minimum Gasteiger partial charge on any atom is -0.355 e. The van der Waals surface area contributed by atoms with Crippen LogP contribution in [0.4, 0.5) is 11.6 Å². The van der Waals surface area contributed by atoms with E-state index >= 15 is 0 Å². The van der Waals surface area contributed by atoms with E-state index in [0.717, 1.165) is 54.0 Å². The molecule has 2 aliphatic rings. The number of amides is 1. The van der Waals surface area contributed by atoms with E-state index in [-0.39, 0.29) is 5.91 Å². The molecule has 3 aromatic heterocycles. The number of nitrogens with one attached hydrogen (secondary N) is 1. The van der Waals surface area contributed by atoms with Gasteiger partial charge in [0.15, 0.2) is 0 Å². The van der Waals surface area contributed by atoms with Crippen LogP contribution in [0.2, 0.25) is 0 Å². The Labute approximate surface area is 217 Å². The summed E-state index contributed by atoms with van der Waals surface area (Å²) >= 11 is 2.42. The molecule has 5 heterocycles. The number of piperidine rings is 1. The lowest BCUT2D eigenvalue weighted by Gasteiger charge is -2.53. The van der Waals surface area contributed by atoms with Crippen molar-refractivity contribution in [3.8, 4) is 11.3 Å². The number of nitrogens with zero attached hydrogens (tertiary/aromatic N) is 6. The Bertz CT molecular complexity index is 1400. The number of benzene rings is 1. The second-order valence-electron chi connectivity index (χ2n) is 9.64. The van der Waals surface area contributed by atoms with Crippen LogP contribution in [0.25, 0.3) is 22.0 Å². The highest BCUT2D eigenvalue weighted by atomic mass is 127. The summed E-state index contributed by atoms with van der Waals surface area (Å²) in [6, 6.07) is 11.7. The topological polar surface area (TPSA) is 79.2 Å². The molecule has 1 aromatic carbocycles. The van der Waals surface area contributed by atoms with E-state index in [9.17, 15) is 4.79 Å².